The summed E-state index contributed by atoms with van der Waals surface area (Å²) in [4.78, 5) is 42.1. The number of nitrogens with one attached hydrogen (secondary N) is 1. The highest BCUT2D eigenvalue weighted by Crippen LogP contribution is 2.31. The van der Waals surface area contributed by atoms with Gasteiger partial charge >= 0.3 is 0 Å². The van der Waals surface area contributed by atoms with Crippen LogP contribution in [0, 0.1) is 0 Å². The smallest absolute Gasteiger partial charge is 0.210 e. The lowest BCUT2D eigenvalue weighted by Crippen LogP contribution is -2.27. The fourth-order valence-electron chi connectivity index (χ4n) is 3.34. The Bertz CT molecular complexity index is 974. The summed E-state index contributed by atoms with van der Waals surface area (Å²) in [6.45, 7) is 0. The predicted octanol–water partition coefficient (Wildman–Crippen LogP) is 2.98. The number of rotatable bonds is 3. The number of benzene rings is 1. The highest BCUT2D eigenvalue weighted by atomic mass is 16.5. The van der Waals surface area contributed by atoms with Crippen molar-refractivity contribution in [3.63, 3.8) is 0 Å². The maximum Gasteiger partial charge on any atom is 0.210 e. The summed E-state index contributed by atoms with van der Waals surface area (Å²) in [5.74, 6) is -0.122. The summed E-state index contributed by atoms with van der Waals surface area (Å²) in [6, 6.07) is 7.00. The number of hydrogen-bond acceptors (Lipinski definition) is 6. The van der Waals surface area contributed by atoms with Gasteiger partial charge in [0.2, 0.25) is 5.78 Å². The number of aromatic nitrogens is 1. The molecule has 0 radical (unpaired) electrons. The first-order chi connectivity index (χ1) is 12.6. The SMILES string of the molecule is COc1ccc(NC2=CC(=O)c3cnc4c(c3C2=O)C(=O)CCC4)cc1. The van der Waals surface area contributed by atoms with Crippen LogP contribution in [0.2, 0.25) is 0 Å². The van der Waals surface area contributed by atoms with Gasteiger partial charge in [0.15, 0.2) is 11.6 Å². The number of fused-ring (bicyclic) bond motifs is 3. The average molecular weight is 348 g/mol. The van der Waals surface area contributed by atoms with Gasteiger partial charge in [-0.1, -0.05) is 0 Å². The van der Waals surface area contributed by atoms with Crippen molar-refractivity contribution in [2.24, 2.45) is 0 Å². The van der Waals surface area contributed by atoms with E-state index in [0.29, 0.717) is 42.0 Å². The van der Waals surface area contributed by atoms with Gasteiger partial charge in [-0.3, -0.25) is 19.4 Å². The van der Waals surface area contributed by atoms with Crippen LogP contribution in [0.1, 0.15) is 49.6 Å². The first-order valence-electron chi connectivity index (χ1n) is 8.35. The minimum Gasteiger partial charge on any atom is -0.497 e. The number of hydrogen-bond donors (Lipinski definition) is 1. The highest BCUT2D eigenvalue weighted by Gasteiger charge is 2.34. The molecule has 0 fully saturated rings. The standard InChI is InChI=1S/C20H16N2O4/c1-26-12-7-5-11(6-8-12)22-15-9-17(24)13-10-21-14-3-2-4-16(23)19(14)18(13)20(15)25/h5-10,22H,2-4H2,1H3. The van der Waals surface area contributed by atoms with Crippen molar-refractivity contribution in [1.29, 1.82) is 0 Å². The molecular weight excluding hydrogens is 332 g/mol. The fourth-order valence-corrected chi connectivity index (χ4v) is 3.34. The molecule has 0 unspecified atom stereocenters. The van der Waals surface area contributed by atoms with Crippen molar-refractivity contribution in [2.45, 2.75) is 19.3 Å². The number of ketones is 3. The van der Waals surface area contributed by atoms with Gasteiger partial charge in [-0.25, -0.2) is 0 Å². The molecule has 6 nitrogen and oxygen atoms in total. The van der Waals surface area contributed by atoms with Crippen LogP contribution in [0.4, 0.5) is 5.69 Å². The molecule has 1 aromatic heterocycles. The second-order valence-corrected chi connectivity index (χ2v) is 6.25. The number of aryl methyl sites for hydroxylation is 1. The number of carbonyl (C=O) groups excluding carboxylic acids is 3. The summed E-state index contributed by atoms with van der Waals surface area (Å²) in [7, 11) is 1.57. The van der Waals surface area contributed by atoms with Gasteiger partial charge in [0.25, 0.3) is 0 Å². The monoisotopic (exact) mass is 348 g/mol. The van der Waals surface area contributed by atoms with Crippen molar-refractivity contribution in [3.05, 3.63) is 64.6 Å². The van der Waals surface area contributed by atoms with Crippen LogP contribution in [-0.4, -0.2) is 29.4 Å². The third-order valence-corrected chi connectivity index (χ3v) is 4.64. The quantitative estimate of drug-likeness (QED) is 0.918. The van der Waals surface area contributed by atoms with Crippen molar-refractivity contribution >= 4 is 23.0 Å². The van der Waals surface area contributed by atoms with Gasteiger partial charge in [0.1, 0.15) is 5.75 Å². The summed E-state index contributed by atoms with van der Waals surface area (Å²) < 4.78 is 5.11. The Labute approximate surface area is 149 Å². The van der Waals surface area contributed by atoms with Gasteiger partial charge in [-0.2, -0.15) is 0 Å². The van der Waals surface area contributed by atoms with Crippen LogP contribution in [0.3, 0.4) is 0 Å². The van der Waals surface area contributed by atoms with Crippen molar-refractivity contribution < 1.29 is 19.1 Å². The molecule has 2 aliphatic carbocycles. The average Bonchev–Trinajstić information content (AvgIpc) is 2.66. The fraction of sp³-hybridized carbons (Fsp3) is 0.200. The molecule has 0 saturated heterocycles. The largest absolute Gasteiger partial charge is 0.497 e. The van der Waals surface area contributed by atoms with E-state index in [-0.39, 0.29) is 34.2 Å². The molecule has 0 amide bonds. The van der Waals surface area contributed by atoms with Gasteiger partial charge in [0, 0.05) is 29.9 Å². The van der Waals surface area contributed by atoms with Gasteiger partial charge in [-0.05, 0) is 37.1 Å². The van der Waals surface area contributed by atoms with Crippen LogP contribution in [0.25, 0.3) is 0 Å². The molecule has 0 aliphatic heterocycles. The number of ether oxygens (including phenoxy) is 1. The van der Waals surface area contributed by atoms with Gasteiger partial charge < -0.3 is 10.1 Å². The van der Waals surface area contributed by atoms with Crippen LogP contribution in [-0.2, 0) is 6.42 Å². The van der Waals surface area contributed by atoms with Crippen molar-refractivity contribution in [3.8, 4) is 5.75 Å². The van der Waals surface area contributed by atoms with E-state index in [9.17, 15) is 14.4 Å². The minimum absolute atomic E-state index is 0.123. The van der Waals surface area contributed by atoms with Crippen LogP contribution >= 0.6 is 0 Å². The molecule has 4 rings (SSSR count). The van der Waals surface area contributed by atoms with E-state index in [1.54, 1.807) is 31.4 Å². The van der Waals surface area contributed by atoms with E-state index >= 15 is 0 Å². The molecule has 2 aliphatic rings. The van der Waals surface area contributed by atoms with Crippen molar-refractivity contribution in [2.75, 3.05) is 12.4 Å². The predicted molar refractivity (Wildman–Crippen MR) is 94.9 cm³/mol. The molecule has 6 heteroatoms. The number of methoxy groups -OCH3 is 1. The summed E-state index contributed by atoms with van der Waals surface area (Å²) in [6.07, 6.45) is 4.40. The molecule has 1 heterocycles. The summed E-state index contributed by atoms with van der Waals surface area (Å²) >= 11 is 0. The Morgan fingerprint density at radius 1 is 1.04 bits per heavy atom. The number of nitrogens with zero attached hydrogens (tertiary/aromatic N) is 1. The Hall–Kier alpha value is -3.28. The highest BCUT2D eigenvalue weighted by molar-refractivity contribution is 6.28. The van der Waals surface area contributed by atoms with Crippen molar-refractivity contribution in [1.82, 2.24) is 4.98 Å². The molecule has 2 aromatic rings. The van der Waals surface area contributed by atoms with E-state index in [0.717, 1.165) is 0 Å². The Morgan fingerprint density at radius 2 is 1.81 bits per heavy atom. The zero-order valence-corrected chi connectivity index (χ0v) is 14.2. The van der Waals surface area contributed by atoms with Gasteiger partial charge in [-0.15, -0.1) is 0 Å². The Kier molecular flexibility index (Phi) is 3.88. The lowest BCUT2D eigenvalue weighted by molar-refractivity contribution is 0.0949. The van der Waals surface area contributed by atoms with Crippen LogP contribution in [0.5, 0.6) is 5.75 Å². The minimum atomic E-state index is -0.357. The van der Waals surface area contributed by atoms with E-state index in [1.807, 2.05) is 0 Å². The number of Topliss-reactive ketones (excluding diaryl/α,β-unsaturated/α-hetero) is 2. The van der Waals surface area contributed by atoms with E-state index in [1.165, 1.54) is 12.3 Å². The molecular formula is C20H16N2O4. The molecule has 1 N–H and O–H groups in total. The normalized spacial score (nSPS) is 15.9. The Morgan fingerprint density at radius 3 is 2.54 bits per heavy atom. The topological polar surface area (TPSA) is 85.4 Å². The molecule has 130 valence electrons. The maximum absolute atomic E-state index is 13.0. The van der Waals surface area contributed by atoms with E-state index in [4.69, 9.17) is 4.74 Å². The molecule has 1 aromatic carbocycles. The van der Waals surface area contributed by atoms with E-state index in [2.05, 4.69) is 10.3 Å². The molecule has 0 bridgehead atoms. The number of pyridine rings is 1. The molecule has 0 atom stereocenters. The first kappa shape index (κ1) is 16.2. The number of anilines is 1. The van der Waals surface area contributed by atoms with Gasteiger partial charge in [0.05, 0.1) is 29.6 Å². The zero-order chi connectivity index (χ0) is 18.3. The maximum atomic E-state index is 13.0. The summed E-state index contributed by atoms with van der Waals surface area (Å²) in [5.41, 5.74) is 2.10. The third-order valence-electron chi connectivity index (χ3n) is 4.64. The van der Waals surface area contributed by atoms with Crippen LogP contribution in [0.15, 0.2) is 42.2 Å². The second-order valence-electron chi connectivity index (χ2n) is 6.25. The molecule has 26 heavy (non-hydrogen) atoms. The third kappa shape index (κ3) is 2.60. The second kappa shape index (κ2) is 6.22. The lowest BCUT2D eigenvalue weighted by Gasteiger charge is -2.22. The zero-order valence-electron chi connectivity index (χ0n) is 14.2. The first-order valence-corrected chi connectivity index (χ1v) is 8.35. The van der Waals surface area contributed by atoms with Crippen LogP contribution < -0.4 is 10.1 Å². The molecule has 0 saturated carbocycles. The Balaban J connectivity index is 1.74. The van der Waals surface area contributed by atoms with E-state index < -0.39 is 0 Å². The summed E-state index contributed by atoms with van der Waals surface area (Å²) in [5, 5.41) is 2.98. The lowest BCUT2D eigenvalue weighted by atomic mass is 9.83. The number of carbonyl (C=O) groups is 3. The number of allylic oxidation sites excluding steroid dienone is 2. The molecule has 0 spiro atoms.